The van der Waals surface area contributed by atoms with Crippen molar-refractivity contribution in [3.05, 3.63) is 35.6 Å². The number of hydrogen-bond acceptors (Lipinski definition) is 4. The largest absolute Gasteiger partial charge is 0.377 e. The first-order valence-corrected chi connectivity index (χ1v) is 10.2. The summed E-state index contributed by atoms with van der Waals surface area (Å²) in [4.78, 5) is 2.20. The zero-order valence-electron chi connectivity index (χ0n) is 14.0. The van der Waals surface area contributed by atoms with Crippen LogP contribution in [-0.2, 0) is 14.8 Å². The Hall–Kier alpha value is -1.02. The van der Waals surface area contributed by atoms with Gasteiger partial charge in [-0.25, -0.2) is 12.8 Å². The van der Waals surface area contributed by atoms with Crippen molar-refractivity contribution >= 4 is 10.0 Å². The summed E-state index contributed by atoms with van der Waals surface area (Å²) >= 11 is 0. The molecule has 2 aliphatic heterocycles. The lowest BCUT2D eigenvalue weighted by molar-refractivity contribution is 0.122. The molecule has 1 aromatic rings. The molecule has 0 radical (unpaired) electrons. The van der Waals surface area contributed by atoms with Crippen molar-refractivity contribution in [1.29, 1.82) is 0 Å². The highest BCUT2D eigenvalue weighted by molar-refractivity contribution is 7.89. The Kier molecular flexibility index (Phi) is 5.54. The molecular formula is C17H25FN2O3S. The van der Waals surface area contributed by atoms with Gasteiger partial charge in [-0.15, -0.1) is 0 Å². The molecule has 0 spiro atoms. The summed E-state index contributed by atoms with van der Waals surface area (Å²) in [5.41, 5.74) is 0.922. The van der Waals surface area contributed by atoms with E-state index >= 15 is 0 Å². The van der Waals surface area contributed by atoms with Crippen LogP contribution in [0.3, 0.4) is 0 Å². The second kappa shape index (κ2) is 7.47. The van der Waals surface area contributed by atoms with E-state index in [1.807, 2.05) is 13.0 Å². The predicted molar refractivity (Wildman–Crippen MR) is 90.7 cm³/mol. The molecule has 24 heavy (non-hydrogen) atoms. The molecule has 0 N–H and O–H groups in total. The van der Waals surface area contributed by atoms with Crippen LogP contribution in [0.15, 0.2) is 24.3 Å². The molecule has 134 valence electrons. The van der Waals surface area contributed by atoms with Crippen molar-refractivity contribution in [2.24, 2.45) is 0 Å². The summed E-state index contributed by atoms with van der Waals surface area (Å²) in [5, 5.41) is 0. The molecule has 5 nitrogen and oxygen atoms in total. The third-order valence-electron chi connectivity index (χ3n) is 4.97. The van der Waals surface area contributed by atoms with Crippen LogP contribution in [-0.4, -0.2) is 62.3 Å². The number of rotatable bonds is 5. The van der Waals surface area contributed by atoms with Crippen molar-refractivity contribution in [3.63, 3.8) is 0 Å². The van der Waals surface area contributed by atoms with Gasteiger partial charge in [-0.3, -0.25) is 4.90 Å². The molecule has 2 saturated heterocycles. The average molecular weight is 356 g/mol. The van der Waals surface area contributed by atoms with Gasteiger partial charge in [-0.05, 0) is 37.5 Å². The minimum Gasteiger partial charge on any atom is -0.377 e. The first-order valence-electron chi connectivity index (χ1n) is 8.54. The highest BCUT2D eigenvalue weighted by atomic mass is 32.2. The molecule has 7 heteroatoms. The second-order valence-corrected chi connectivity index (χ2v) is 8.59. The predicted octanol–water partition coefficient (Wildman–Crippen LogP) is 2.01. The number of ether oxygens (including phenoxy) is 1. The Morgan fingerprint density at radius 3 is 2.67 bits per heavy atom. The van der Waals surface area contributed by atoms with Gasteiger partial charge in [0.15, 0.2) is 0 Å². The molecule has 2 heterocycles. The van der Waals surface area contributed by atoms with E-state index in [9.17, 15) is 12.8 Å². The standard InChI is InChI=1S/C17H25FN2O3S/c1-14(15-4-2-5-16(18)12-15)19-7-9-20(10-8-19)24(21,22)13-17-6-3-11-23-17/h2,4-5,12,14,17H,3,6-11,13H2,1H3/t14-,17-/m1/s1. The van der Waals surface area contributed by atoms with Crippen molar-refractivity contribution in [1.82, 2.24) is 9.21 Å². The van der Waals surface area contributed by atoms with E-state index in [0.717, 1.165) is 18.4 Å². The first-order chi connectivity index (χ1) is 11.5. The molecule has 2 fully saturated rings. The molecule has 0 aliphatic carbocycles. The van der Waals surface area contributed by atoms with Crippen LogP contribution in [0.25, 0.3) is 0 Å². The minimum absolute atomic E-state index is 0.0729. The Labute approximate surface area is 143 Å². The molecule has 0 saturated carbocycles. The van der Waals surface area contributed by atoms with Gasteiger partial charge in [0.25, 0.3) is 0 Å². The van der Waals surface area contributed by atoms with Crippen LogP contribution in [0.1, 0.15) is 31.4 Å². The molecule has 0 unspecified atom stereocenters. The van der Waals surface area contributed by atoms with Gasteiger partial charge in [0.05, 0.1) is 11.9 Å². The van der Waals surface area contributed by atoms with Crippen molar-refractivity contribution in [2.75, 3.05) is 38.5 Å². The van der Waals surface area contributed by atoms with E-state index in [2.05, 4.69) is 4.90 Å². The minimum atomic E-state index is -3.27. The zero-order chi connectivity index (χ0) is 17.2. The highest BCUT2D eigenvalue weighted by Gasteiger charge is 2.32. The molecule has 2 aliphatic rings. The summed E-state index contributed by atoms with van der Waals surface area (Å²) in [6.45, 7) is 4.97. The fraction of sp³-hybridized carbons (Fsp3) is 0.647. The number of nitrogens with zero attached hydrogens (tertiary/aromatic N) is 2. The summed E-state index contributed by atoms with van der Waals surface area (Å²) < 4.78 is 45.4. The number of benzene rings is 1. The summed E-state index contributed by atoms with van der Waals surface area (Å²) in [6, 6.07) is 6.68. The maximum atomic E-state index is 13.4. The molecule has 3 rings (SSSR count). The van der Waals surface area contributed by atoms with Gasteiger partial charge in [0, 0.05) is 38.8 Å². The molecule has 0 bridgehead atoms. The number of sulfonamides is 1. The lowest BCUT2D eigenvalue weighted by Crippen LogP contribution is -2.50. The maximum absolute atomic E-state index is 13.4. The van der Waals surface area contributed by atoms with Crippen LogP contribution in [0.5, 0.6) is 0 Å². The van der Waals surface area contributed by atoms with Crippen molar-refractivity contribution < 1.29 is 17.5 Å². The van der Waals surface area contributed by atoms with Crippen molar-refractivity contribution in [3.8, 4) is 0 Å². The van der Waals surface area contributed by atoms with Gasteiger partial charge < -0.3 is 4.74 Å². The fourth-order valence-electron chi connectivity index (χ4n) is 3.46. The Morgan fingerprint density at radius 2 is 2.04 bits per heavy atom. The molecular weight excluding hydrogens is 331 g/mol. The van der Waals surface area contributed by atoms with Gasteiger partial charge in [-0.2, -0.15) is 4.31 Å². The summed E-state index contributed by atoms with van der Waals surface area (Å²) in [6.07, 6.45) is 1.62. The lowest BCUT2D eigenvalue weighted by atomic mass is 10.1. The van der Waals surface area contributed by atoms with E-state index < -0.39 is 10.0 Å². The van der Waals surface area contributed by atoms with E-state index in [4.69, 9.17) is 4.74 Å². The van der Waals surface area contributed by atoms with Crippen LogP contribution in [0, 0.1) is 5.82 Å². The van der Waals surface area contributed by atoms with E-state index in [1.165, 1.54) is 6.07 Å². The van der Waals surface area contributed by atoms with Crippen LogP contribution < -0.4 is 0 Å². The number of halogens is 1. The van der Waals surface area contributed by atoms with E-state index in [0.29, 0.717) is 32.8 Å². The number of hydrogen-bond donors (Lipinski definition) is 0. The summed E-state index contributed by atoms with van der Waals surface area (Å²) in [5.74, 6) is -0.149. The molecule has 0 amide bonds. The average Bonchev–Trinajstić information content (AvgIpc) is 3.06. The Balaban J connectivity index is 1.57. The second-order valence-electron chi connectivity index (χ2n) is 6.58. The zero-order valence-corrected chi connectivity index (χ0v) is 14.8. The quantitative estimate of drug-likeness (QED) is 0.810. The fourth-order valence-corrected chi connectivity index (χ4v) is 5.13. The lowest BCUT2D eigenvalue weighted by Gasteiger charge is -2.37. The third kappa shape index (κ3) is 4.14. The van der Waals surface area contributed by atoms with Gasteiger partial charge in [-0.1, -0.05) is 12.1 Å². The molecule has 0 aromatic heterocycles. The van der Waals surface area contributed by atoms with Gasteiger partial charge >= 0.3 is 0 Å². The van der Waals surface area contributed by atoms with Crippen LogP contribution in [0.4, 0.5) is 4.39 Å². The Morgan fingerprint density at radius 1 is 1.29 bits per heavy atom. The van der Waals surface area contributed by atoms with Crippen molar-refractivity contribution in [2.45, 2.75) is 31.9 Å². The Bertz CT molecular complexity index is 654. The monoisotopic (exact) mass is 356 g/mol. The van der Waals surface area contributed by atoms with Crippen LogP contribution in [0.2, 0.25) is 0 Å². The highest BCUT2D eigenvalue weighted by Crippen LogP contribution is 2.24. The van der Waals surface area contributed by atoms with Gasteiger partial charge in [0.2, 0.25) is 10.0 Å². The number of piperazine rings is 1. The SMILES string of the molecule is C[C@H](c1cccc(F)c1)N1CCN(S(=O)(=O)C[C@H]2CCCO2)CC1. The smallest absolute Gasteiger partial charge is 0.216 e. The van der Waals surface area contributed by atoms with Gasteiger partial charge in [0.1, 0.15) is 5.82 Å². The van der Waals surface area contributed by atoms with E-state index in [1.54, 1.807) is 16.4 Å². The first kappa shape index (κ1) is 17.8. The normalized spacial score (nSPS) is 25.0. The van der Waals surface area contributed by atoms with Crippen LogP contribution >= 0.6 is 0 Å². The third-order valence-corrected chi connectivity index (χ3v) is 6.91. The summed E-state index contributed by atoms with van der Waals surface area (Å²) in [7, 11) is -3.27. The molecule has 1 aromatic carbocycles. The maximum Gasteiger partial charge on any atom is 0.216 e. The topological polar surface area (TPSA) is 49.9 Å². The van der Waals surface area contributed by atoms with E-state index in [-0.39, 0.29) is 23.7 Å². The molecule has 2 atom stereocenters.